The number of halogens is 1. The average molecular weight is 437 g/mol. The number of phenolic OH excluding ortho intramolecular Hbond substituents is 1. The third kappa shape index (κ3) is 3.76. The molecule has 0 aromatic heterocycles. The van der Waals surface area contributed by atoms with Gasteiger partial charge in [-0.2, -0.15) is 0 Å². The van der Waals surface area contributed by atoms with E-state index in [9.17, 15) is 14.7 Å². The number of nitrogens with zero attached hydrogens (tertiary/aromatic N) is 1. The average Bonchev–Trinajstić information content (AvgIpc) is 2.79. The predicted molar refractivity (Wildman–Crippen MR) is 98.8 cm³/mol. The van der Waals surface area contributed by atoms with Crippen molar-refractivity contribution in [2.45, 2.75) is 6.54 Å². The van der Waals surface area contributed by atoms with Crippen LogP contribution in [-0.4, -0.2) is 21.2 Å². The van der Waals surface area contributed by atoms with Crippen molar-refractivity contribution in [2.24, 2.45) is 0 Å². The molecule has 2 aromatic carbocycles. The number of hydrogen-bond acceptors (Lipinski definition) is 4. The summed E-state index contributed by atoms with van der Waals surface area (Å²) in [6.45, 7) is 0.272. The molecule has 0 bridgehead atoms. The van der Waals surface area contributed by atoms with Gasteiger partial charge in [-0.1, -0.05) is 24.3 Å². The van der Waals surface area contributed by atoms with E-state index in [4.69, 9.17) is 0 Å². The van der Waals surface area contributed by atoms with Crippen molar-refractivity contribution < 1.29 is 14.7 Å². The maximum atomic E-state index is 12.4. The van der Waals surface area contributed by atoms with E-state index in [1.165, 1.54) is 4.90 Å². The predicted octanol–water partition coefficient (Wildman–Crippen LogP) is 4.23. The largest absolute Gasteiger partial charge is 0.508 e. The number of amides is 2. The fourth-order valence-electron chi connectivity index (χ4n) is 2.13. The van der Waals surface area contributed by atoms with Crippen molar-refractivity contribution >= 4 is 51.6 Å². The van der Waals surface area contributed by atoms with Gasteiger partial charge in [0.15, 0.2) is 0 Å². The lowest BCUT2D eigenvalue weighted by Gasteiger charge is -2.12. The molecule has 6 heteroatoms. The SMILES string of the molecule is O=C1S/C(=C\c2ccc(O)cc2)C(=O)N1Cc1ccc(I)cc1. The van der Waals surface area contributed by atoms with Crippen LogP contribution in [0.2, 0.25) is 0 Å². The van der Waals surface area contributed by atoms with Gasteiger partial charge in [0.05, 0.1) is 11.4 Å². The molecule has 0 unspecified atom stereocenters. The highest BCUT2D eigenvalue weighted by Crippen LogP contribution is 2.33. The van der Waals surface area contributed by atoms with Crippen LogP contribution in [0.1, 0.15) is 11.1 Å². The zero-order valence-corrected chi connectivity index (χ0v) is 14.9. The van der Waals surface area contributed by atoms with Crippen molar-refractivity contribution in [3.05, 3.63) is 68.1 Å². The lowest BCUT2D eigenvalue weighted by Crippen LogP contribution is -2.27. The number of thioether (sulfide) groups is 1. The lowest BCUT2D eigenvalue weighted by molar-refractivity contribution is -0.123. The summed E-state index contributed by atoms with van der Waals surface area (Å²) >= 11 is 3.15. The standard InChI is InChI=1S/C17H12INO3S/c18-13-5-1-12(2-6-13)10-19-16(21)15(23-17(19)22)9-11-3-7-14(20)8-4-11/h1-9,20H,10H2/b15-9-. The topological polar surface area (TPSA) is 57.6 Å². The molecule has 0 atom stereocenters. The molecule has 0 aliphatic carbocycles. The second-order valence-electron chi connectivity index (χ2n) is 4.99. The Hall–Kier alpha value is -1.80. The van der Waals surface area contributed by atoms with Gasteiger partial charge < -0.3 is 5.11 Å². The van der Waals surface area contributed by atoms with Crippen molar-refractivity contribution in [3.8, 4) is 5.75 Å². The van der Waals surface area contributed by atoms with Gasteiger partial charge in [0.2, 0.25) is 0 Å². The molecule has 1 heterocycles. The zero-order valence-electron chi connectivity index (χ0n) is 11.9. The summed E-state index contributed by atoms with van der Waals surface area (Å²) in [5.74, 6) is -0.124. The third-order valence-corrected chi connectivity index (χ3v) is 4.94. The Labute approximate surface area is 151 Å². The molecular weight excluding hydrogens is 425 g/mol. The first kappa shape index (κ1) is 16.1. The van der Waals surface area contributed by atoms with Crippen LogP contribution in [0, 0.1) is 3.57 Å². The number of rotatable bonds is 3. The number of carbonyl (C=O) groups is 2. The first-order valence-corrected chi connectivity index (χ1v) is 8.71. The van der Waals surface area contributed by atoms with E-state index >= 15 is 0 Å². The number of imide groups is 1. The van der Waals surface area contributed by atoms with E-state index in [1.807, 2.05) is 24.3 Å². The fraction of sp³-hybridized carbons (Fsp3) is 0.0588. The summed E-state index contributed by atoms with van der Waals surface area (Å²) < 4.78 is 1.10. The highest BCUT2D eigenvalue weighted by molar-refractivity contribution is 14.1. The maximum Gasteiger partial charge on any atom is 0.293 e. The molecule has 1 N–H and O–H groups in total. The van der Waals surface area contributed by atoms with Gasteiger partial charge in [0, 0.05) is 3.57 Å². The number of phenols is 1. The van der Waals surface area contributed by atoms with Crippen LogP contribution < -0.4 is 0 Å². The molecular formula is C17H12INO3S. The molecule has 1 aliphatic rings. The van der Waals surface area contributed by atoms with Gasteiger partial charge in [-0.15, -0.1) is 0 Å². The number of hydrogen-bond donors (Lipinski definition) is 1. The van der Waals surface area contributed by atoms with E-state index in [1.54, 1.807) is 30.3 Å². The van der Waals surface area contributed by atoms with Crippen molar-refractivity contribution in [1.82, 2.24) is 4.90 Å². The molecule has 2 aromatic rings. The molecule has 1 aliphatic heterocycles. The minimum absolute atomic E-state index is 0.161. The van der Waals surface area contributed by atoms with E-state index in [2.05, 4.69) is 22.6 Å². The van der Waals surface area contributed by atoms with Gasteiger partial charge >= 0.3 is 0 Å². The number of benzene rings is 2. The molecule has 0 spiro atoms. The Bertz CT molecular complexity index is 784. The van der Waals surface area contributed by atoms with Crippen LogP contribution in [0.5, 0.6) is 5.75 Å². The van der Waals surface area contributed by atoms with E-state index in [-0.39, 0.29) is 23.4 Å². The molecule has 3 rings (SSSR count). The van der Waals surface area contributed by atoms with Gasteiger partial charge in [0.1, 0.15) is 5.75 Å². The Morgan fingerprint density at radius 2 is 1.70 bits per heavy atom. The fourth-order valence-corrected chi connectivity index (χ4v) is 3.33. The van der Waals surface area contributed by atoms with Crippen molar-refractivity contribution in [1.29, 1.82) is 0 Å². The molecule has 23 heavy (non-hydrogen) atoms. The van der Waals surface area contributed by atoms with Gasteiger partial charge in [0.25, 0.3) is 11.1 Å². The number of aromatic hydroxyl groups is 1. The Morgan fingerprint density at radius 3 is 2.35 bits per heavy atom. The molecule has 0 saturated carbocycles. The molecule has 2 amide bonds. The Kier molecular flexibility index (Phi) is 4.72. The first-order chi connectivity index (χ1) is 11.0. The van der Waals surface area contributed by atoms with Gasteiger partial charge in [-0.25, -0.2) is 0 Å². The number of carbonyl (C=O) groups excluding carboxylic acids is 2. The maximum absolute atomic E-state index is 12.4. The normalized spacial score (nSPS) is 16.4. The summed E-state index contributed by atoms with van der Waals surface area (Å²) in [5, 5.41) is 9.02. The third-order valence-electron chi connectivity index (χ3n) is 3.32. The van der Waals surface area contributed by atoms with Gasteiger partial charge in [-0.3, -0.25) is 14.5 Å². The molecule has 4 nitrogen and oxygen atoms in total. The Balaban J connectivity index is 1.79. The summed E-state index contributed by atoms with van der Waals surface area (Å²) in [6.07, 6.45) is 1.66. The van der Waals surface area contributed by atoms with Crippen LogP contribution in [0.15, 0.2) is 53.4 Å². The van der Waals surface area contributed by atoms with E-state index < -0.39 is 0 Å². The summed E-state index contributed by atoms with van der Waals surface area (Å²) in [4.78, 5) is 26.2. The van der Waals surface area contributed by atoms with Crippen LogP contribution in [0.25, 0.3) is 6.08 Å². The van der Waals surface area contributed by atoms with E-state index in [0.29, 0.717) is 4.91 Å². The first-order valence-electron chi connectivity index (χ1n) is 6.82. The molecule has 0 radical (unpaired) electrons. The monoisotopic (exact) mass is 437 g/mol. The molecule has 1 saturated heterocycles. The summed E-state index contributed by atoms with van der Waals surface area (Å²) in [6, 6.07) is 14.2. The van der Waals surface area contributed by atoms with Crippen LogP contribution in [-0.2, 0) is 11.3 Å². The highest BCUT2D eigenvalue weighted by atomic mass is 127. The quantitative estimate of drug-likeness (QED) is 0.577. The Morgan fingerprint density at radius 1 is 1.04 bits per heavy atom. The minimum Gasteiger partial charge on any atom is -0.508 e. The van der Waals surface area contributed by atoms with E-state index in [0.717, 1.165) is 26.5 Å². The zero-order chi connectivity index (χ0) is 16.4. The smallest absolute Gasteiger partial charge is 0.293 e. The second kappa shape index (κ2) is 6.76. The summed E-state index contributed by atoms with van der Waals surface area (Å²) in [5.41, 5.74) is 1.68. The van der Waals surface area contributed by atoms with Crippen molar-refractivity contribution in [3.63, 3.8) is 0 Å². The highest BCUT2D eigenvalue weighted by Gasteiger charge is 2.34. The minimum atomic E-state index is -0.286. The van der Waals surface area contributed by atoms with Crippen LogP contribution in [0.4, 0.5) is 4.79 Å². The molecule has 116 valence electrons. The second-order valence-corrected chi connectivity index (χ2v) is 7.22. The lowest BCUT2D eigenvalue weighted by atomic mass is 10.2. The van der Waals surface area contributed by atoms with Crippen LogP contribution in [0.3, 0.4) is 0 Å². The van der Waals surface area contributed by atoms with Crippen molar-refractivity contribution in [2.75, 3.05) is 0 Å². The van der Waals surface area contributed by atoms with Crippen LogP contribution >= 0.6 is 34.4 Å². The molecule has 1 fully saturated rings. The summed E-state index contributed by atoms with van der Waals surface area (Å²) in [7, 11) is 0. The van der Waals surface area contributed by atoms with Gasteiger partial charge in [-0.05, 0) is 75.8 Å².